The third kappa shape index (κ3) is 2.94. The molecule has 20 heavy (non-hydrogen) atoms. The molecular formula is C15H22N4O. The van der Waals surface area contributed by atoms with E-state index in [0.29, 0.717) is 0 Å². The SMILES string of the molecule is CN1CCC(CN(C)Cc2nc3cc(N)ccc3o2)C1. The first-order valence-corrected chi connectivity index (χ1v) is 7.12. The molecule has 1 aliphatic rings. The average Bonchev–Trinajstić information content (AvgIpc) is 2.94. The number of benzene rings is 1. The number of oxazole rings is 1. The van der Waals surface area contributed by atoms with Crippen LogP contribution in [0.25, 0.3) is 11.1 Å². The average molecular weight is 274 g/mol. The molecule has 1 atom stereocenters. The van der Waals surface area contributed by atoms with Crippen LogP contribution in [0.2, 0.25) is 0 Å². The topological polar surface area (TPSA) is 58.5 Å². The van der Waals surface area contributed by atoms with Gasteiger partial charge >= 0.3 is 0 Å². The van der Waals surface area contributed by atoms with Crippen LogP contribution in [0.4, 0.5) is 5.69 Å². The van der Waals surface area contributed by atoms with Crippen molar-refractivity contribution < 1.29 is 4.42 Å². The minimum absolute atomic E-state index is 0.722. The largest absolute Gasteiger partial charge is 0.439 e. The van der Waals surface area contributed by atoms with E-state index in [4.69, 9.17) is 10.2 Å². The zero-order valence-corrected chi connectivity index (χ0v) is 12.2. The molecule has 0 saturated carbocycles. The summed E-state index contributed by atoms with van der Waals surface area (Å²) >= 11 is 0. The van der Waals surface area contributed by atoms with Crippen LogP contribution in [0.1, 0.15) is 12.3 Å². The van der Waals surface area contributed by atoms with Gasteiger partial charge in [-0.2, -0.15) is 0 Å². The van der Waals surface area contributed by atoms with Crippen molar-refractivity contribution in [1.29, 1.82) is 0 Å². The monoisotopic (exact) mass is 274 g/mol. The Kier molecular flexibility index (Phi) is 3.63. The molecule has 2 N–H and O–H groups in total. The van der Waals surface area contributed by atoms with E-state index in [9.17, 15) is 0 Å². The van der Waals surface area contributed by atoms with Gasteiger partial charge in [-0.3, -0.25) is 4.90 Å². The van der Waals surface area contributed by atoms with Gasteiger partial charge in [-0.1, -0.05) is 0 Å². The Balaban J connectivity index is 1.63. The van der Waals surface area contributed by atoms with Gasteiger partial charge in [0.1, 0.15) is 5.52 Å². The number of hydrogen-bond donors (Lipinski definition) is 1. The van der Waals surface area contributed by atoms with Crippen LogP contribution in [-0.4, -0.2) is 48.5 Å². The van der Waals surface area contributed by atoms with Gasteiger partial charge in [0.25, 0.3) is 0 Å². The molecule has 1 unspecified atom stereocenters. The molecular weight excluding hydrogens is 252 g/mol. The van der Waals surface area contributed by atoms with Crippen molar-refractivity contribution >= 4 is 16.8 Å². The third-order valence-corrected chi connectivity index (χ3v) is 3.92. The molecule has 5 nitrogen and oxygen atoms in total. The summed E-state index contributed by atoms with van der Waals surface area (Å²) in [5.74, 6) is 1.52. The summed E-state index contributed by atoms with van der Waals surface area (Å²) in [6, 6.07) is 5.58. The lowest BCUT2D eigenvalue weighted by Gasteiger charge is -2.19. The summed E-state index contributed by atoms with van der Waals surface area (Å²) in [4.78, 5) is 9.18. The lowest BCUT2D eigenvalue weighted by atomic mass is 10.1. The van der Waals surface area contributed by atoms with Crippen molar-refractivity contribution in [3.8, 4) is 0 Å². The Morgan fingerprint density at radius 1 is 1.50 bits per heavy atom. The van der Waals surface area contributed by atoms with Crippen LogP contribution in [0.5, 0.6) is 0 Å². The van der Waals surface area contributed by atoms with Gasteiger partial charge in [0, 0.05) is 18.8 Å². The van der Waals surface area contributed by atoms with Gasteiger partial charge in [-0.25, -0.2) is 4.98 Å². The maximum atomic E-state index is 5.76. The number of rotatable bonds is 4. The standard InChI is InChI=1S/C15H22N4O/c1-18-6-5-11(8-18)9-19(2)10-15-17-13-7-12(16)3-4-14(13)20-15/h3-4,7,11H,5-6,8-10,16H2,1-2H3. The predicted molar refractivity (Wildman–Crippen MR) is 80.4 cm³/mol. The van der Waals surface area contributed by atoms with Crippen molar-refractivity contribution in [2.75, 3.05) is 39.5 Å². The number of fused-ring (bicyclic) bond motifs is 1. The molecule has 0 radical (unpaired) electrons. The molecule has 1 fully saturated rings. The van der Waals surface area contributed by atoms with E-state index in [1.54, 1.807) is 0 Å². The summed E-state index contributed by atoms with van der Waals surface area (Å²) in [5.41, 5.74) is 8.13. The van der Waals surface area contributed by atoms with Gasteiger partial charge in [0.2, 0.25) is 5.89 Å². The first-order valence-electron chi connectivity index (χ1n) is 7.12. The van der Waals surface area contributed by atoms with E-state index in [1.807, 2.05) is 18.2 Å². The Morgan fingerprint density at radius 3 is 3.10 bits per heavy atom. The Labute approximate surface area is 119 Å². The molecule has 2 heterocycles. The number of anilines is 1. The highest BCUT2D eigenvalue weighted by molar-refractivity contribution is 5.76. The maximum Gasteiger partial charge on any atom is 0.209 e. The summed E-state index contributed by atoms with van der Waals surface area (Å²) < 4.78 is 5.76. The zero-order valence-electron chi connectivity index (χ0n) is 12.2. The van der Waals surface area contributed by atoms with Gasteiger partial charge in [0.05, 0.1) is 6.54 Å². The Hall–Kier alpha value is -1.59. The maximum absolute atomic E-state index is 5.76. The van der Waals surface area contributed by atoms with Crippen molar-refractivity contribution in [3.05, 3.63) is 24.1 Å². The van der Waals surface area contributed by atoms with Crippen LogP contribution in [0.15, 0.2) is 22.6 Å². The Bertz CT molecular complexity index is 595. The fourth-order valence-electron chi connectivity index (χ4n) is 2.97. The molecule has 108 valence electrons. The van der Waals surface area contributed by atoms with Crippen molar-refractivity contribution in [2.45, 2.75) is 13.0 Å². The normalized spacial score (nSPS) is 20.2. The minimum Gasteiger partial charge on any atom is -0.439 e. The first kappa shape index (κ1) is 13.4. The van der Waals surface area contributed by atoms with Crippen LogP contribution >= 0.6 is 0 Å². The summed E-state index contributed by atoms with van der Waals surface area (Å²) in [7, 11) is 4.31. The quantitative estimate of drug-likeness (QED) is 0.861. The van der Waals surface area contributed by atoms with E-state index in [-0.39, 0.29) is 0 Å². The van der Waals surface area contributed by atoms with Crippen molar-refractivity contribution in [3.63, 3.8) is 0 Å². The minimum atomic E-state index is 0.722. The van der Waals surface area contributed by atoms with Gasteiger partial charge in [-0.15, -0.1) is 0 Å². The molecule has 1 aliphatic heterocycles. The van der Waals surface area contributed by atoms with E-state index in [1.165, 1.54) is 19.5 Å². The van der Waals surface area contributed by atoms with Crippen LogP contribution in [-0.2, 0) is 6.54 Å². The summed E-state index contributed by atoms with van der Waals surface area (Å²) in [6.07, 6.45) is 1.28. The van der Waals surface area contributed by atoms with Crippen LogP contribution in [0, 0.1) is 5.92 Å². The highest BCUT2D eigenvalue weighted by Gasteiger charge is 2.21. The number of aromatic nitrogens is 1. The van der Waals surface area contributed by atoms with E-state index in [0.717, 1.165) is 41.7 Å². The van der Waals surface area contributed by atoms with E-state index >= 15 is 0 Å². The number of nitrogen functional groups attached to an aromatic ring is 1. The molecule has 2 aromatic rings. The second kappa shape index (κ2) is 5.42. The van der Waals surface area contributed by atoms with E-state index in [2.05, 4.69) is 28.9 Å². The van der Waals surface area contributed by atoms with Crippen LogP contribution in [0.3, 0.4) is 0 Å². The molecule has 0 aliphatic carbocycles. The molecule has 3 rings (SSSR count). The summed E-state index contributed by atoms with van der Waals surface area (Å²) in [6.45, 7) is 4.23. The lowest BCUT2D eigenvalue weighted by molar-refractivity contribution is 0.247. The fourth-order valence-corrected chi connectivity index (χ4v) is 2.97. The second-order valence-electron chi connectivity index (χ2n) is 5.95. The highest BCUT2D eigenvalue weighted by atomic mass is 16.3. The Morgan fingerprint density at radius 2 is 2.35 bits per heavy atom. The lowest BCUT2D eigenvalue weighted by Crippen LogP contribution is -2.27. The molecule has 0 bridgehead atoms. The molecule has 1 aromatic carbocycles. The number of hydrogen-bond acceptors (Lipinski definition) is 5. The molecule has 0 spiro atoms. The third-order valence-electron chi connectivity index (χ3n) is 3.92. The first-order chi connectivity index (χ1) is 9.60. The van der Waals surface area contributed by atoms with E-state index < -0.39 is 0 Å². The van der Waals surface area contributed by atoms with Crippen LogP contribution < -0.4 is 5.73 Å². The highest BCUT2D eigenvalue weighted by Crippen LogP contribution is 2.20. The predicted octanol–water partition coefficient (Wildman–Crippen LogP) is 1.79. The summed E-state index contributed by atoms with van der Waals surface area (Å²) in [5, 5.41) is 0. The zero-order chi connectivity index (χ0) is 14.1. The van der Waals surface area contributed by atoms with Crippen molar-refractivity contribution in [1.82, 2.24) is 14.8 Å². The number of likely N-dealkylation sites (tertiary alicyclic amines) is 1. The molecule has 1 aromatic heterocycles. The molecule has 0 amide bonds. The molecule has 1 saturated heterocycles. The van der Waals surface area contributed by atoms with Gasteiger partial charge in [0.15, 0.2) is 5.58 Å². The number of nitrogens with zero attached hydrogens (tertiary/aromatic N) is 3. The van der Waals surface area contributed by atoms with Gasteiger partial charge < -0.3 is 15.1 Å². The van der Waals surface area contributed by atoms with Gasteiger partial charge in [-0.05, 0) is 51.2 Å². The smallest absolute Gasteiger partial charge is 0.209 e. The number of nitrogens with two attached hydrogens (primary N) is 1. The molecule has 5 heteroatoms. The van der Waals surface area contributed by atoms with Crippen molar-refractivity contribution in [2.24, 2.45) is 5.92 Å². The second-order valence-corrected chi connectivity index (χ2v) is 5.95. The fraction of sp³-hybridized carbons (Fsp3) is 0.533.